The fourth-order valence-electron chi connectivity index (χ4n) is 2.85. The number of rotatable bonds is 4. The second kappa shape index (κ2) is 6.57. The van der Waals surface area contributed by atoms with Crippen LogP contribution in [0.5, 0.6) is 0 Å². The summed E-state index contributed by atoms with van der Waals surface area (Å²) in [5.41, 5.74) is 1.37. The Balaban J connectivity index is 1.98. The van der Waals surface area contributed by atoms with E-state index in [0.29, 0.717) is 21.6 Å². The number of aliphatic carboxylic acids is 1. The lowest BCUT2D eigenvalue weighted by atomic mass is 10.2. The van der Waals surface area contributed by atoms with Gasteiger partial charge in [0.25, 0.3) is 5.56 Å². The predicted octanol–water partition coefficient (Wildman–Crippen LogP) is 3.88. The number of carboxylic acids is 1. The van der Waals surface area contributed by atoms with E-state index in [2.05, 4.69) is 4.98 Å². The van der Waals surface area contributed by atoms with E-state index in [1.165, 1.54) is 15.9 Å². The van der Waals surface area contributed by atoms with Gasteiger partial charge in [-0.05, 0) is 11.6 Å². The number of nitrogens with zero attached hydrogens (tertiary/aromatic N) is 2. The van der Waals surface area contributed by atoms with Gasteiger partial charge in [0.05, 0.1) is 5.39 Å². The fraction of sp³-hybridized carbons (Fsp3) is 0.0500. The van der Waals surface area contributed by atoms with Crippen LogP contribution in [0.1, 0.15) is 0 Å². The van der Waals surface area contributed by atoms with Crippen molar-refractivity contribution >= 4 is 27.5 Å². The molecule has 6 heteroatoms. The smallest absolute Gasteiger partial charge is 0.323 e. The van der Waals surface area contributed by atoms with Gasteiger partial charge in [-0.25, -0.2) is 4.98 Å². The molecule has 2 aromatic heterocycles. The second-order valence-electron chi connectivity index (χ2n) is 5.78. The highest BCUT2D eigenvalue weighted by Crippen LogP contribution is 2.32. The molecule has 0 aliphatic carbocycles. The van der Waals surface area contributed by atoms with Crippen molar-refractivity contribution in [3.05, 3.63) is 77.1 Å². The molecule has 0 spiro atoms. The molecule has 0 unspecified atom stereocenters. The quantitative estimate of drug-likeness (QED) is 0.598. The molecule has 0 aliphatic rings. The van der Waals surface area contributed by atoms with Crippen molar-refractivity contribution in [1.29, 1.82) is 0 Å². The van der Waals surface area contributed by atoms with E-state index in [9.17, 15) is 14.7 Å². The summed E-state index contributed by atoms with van der Waals surface area (Å²) in [6.45, 7) is -0.428. The van der Waals surface area contributed by atoms with Crippen molar-refractivity contribution in [2.24, 2.45) is 0 Å². The van der Waals surface area contributed by atoms with Gasteiger partial charge in [-0.3, -0.25) is 14.2 Å². The minimum absolute atomic E-state index is 0.338. The molecule has 0 amide bonds. The van der Waals surface area contributed by atoms with Crippen LogP contribution in [0.4, 0.5) is 0 Å². The van der Waals surface area contributed by atoms with Crippen LogP contribution in [0, 0.1) is 0 Å². The van der Waals surface area contributed by atoms with E-state index < -0.39 is 12.5 Å². The topological polar surface area (TPSA) is 72.2 Å². The molecule has 0 saturated carbocycles. The van der Waals surface area contributed by atoms with Crippen LogP contribution in [-0.4, -0.2) is 20.6 Å². The molecule has 0 saturated heterocycles. The lowest BCUT2D eigenvalue weighted by molar-refractivity contribution is -0.137. The molecule has 5 nitrogen and oxygen atoms in total. The van der Waals surface area contributed by atoms with E-state index in [1.54, 1.807) is 6.07 Å². The Morgan fingerprint density at radius 3 is 2.23 bits per heavy atom. The standard InChI is InChI=1S/C20H14N2O3S/c23-17(24)12-22-18(14-9-5-2-6-10-14)21-19-15(20(22)25)11-16(26-19)13-7-3-1-4-8-13/h1-11H,12H2,(H,23,24). The number of hydrogen-bond acceptors (Lipinski definition) is 4. The zero-order valence-corrected chi connectivity index (χ0v) is 14.4. The maximum absolute atomic E-state index is 13.0. The van der Waals surface area contributed by atoms with Gasteiger partial charge in [0.15, 0.2) is 0 Å². The minimum Gasteiger partial charge on any atom is -0.480 e. The number of benzene rings is 2. The first kappa shape index (κ1) is 16.2. The first-order valence-electron chi connectivity index (χ1n) is 8.00. The molecule has 4 aromatic rings. The summed E-state index contributed by atoms with van der Waals surface area (Å²) in [4.78, 5) is 30.4. The summed E-state index contributed by atoms with van der Waals surface area (Å²) in [5, 5.41) is 9.67. The number of fused-ring (bicyclic) bond motifs is 1. The van der Waals surface area contributed by atoms with Gasteiger partial charge in [0, 0.05) is 10.4 Å². The Hall–Kier alpha value is -3.25. The molecule has 0 atom stereocenters. The summed E-state index contributed by atoms with van der Waals surface area (Å²) in [5.74, 6) is -0.712. The molecule has 0 fully saturated rings. The van der Waals surface area contributed by atoms with Crippen molar-refractivity contribution in [3.63, 3.8) is 0 Å². The molecule has 0 aliphatic heterocycles. The second-order valence-corrected chi connectivity index (χ2v) is 6.81. The maximum Gasteiger partial charge on any atom is 0.323 e. The third kappa shape index (κ3) is 2.91. The van der Waals surface area contributed by atoms with Crippen LogP contribution in [0.25, 0.3) is 32.0 Å². The number of aromatic nitrogens is 2. The molecule has 128 valence electrons. The zero-order chi connectivity index (χ0) is 18.1. The molecule has 0 bridgehead atoms. The zero-order valence-electron chi connectivity index (χ0n) is 13.6. The number of hydrogen-bond donors (Lipinski definition) is 1. The van der Waals surface area contributed by atoms with Gasteiger partial charge < -0.3 is 5.11 Å². The van der Waals surface area contributed by atoms with E-state index >= 15 is 0 Å². The lowest BCUT2D eigenvalue weighted by Gasteiger charge is -2.10. The lowest BCUT2D eigenvalue weighted by Crippen LogP contribution is -2.26. The first-order chi connectivity index (χ1) is 12.6. The third-order valence-electron chi connectivity index (χ3n) is 4.03. The molecular weight excluding hydrogens is 348 g/mol. The highest BCUT2D eigenvalue weighted by atomic mass is 32.1. The van der Waals surface area contributed by atoms with E-state index in [0.717, 1.165) is 10.4 Å². The summed E-state index contributed by atoms with van der Waals surface area (Å²) >= 11 is 1.43. The summed E-state index contributed by atoms with van der Waals surface area (Å²) in [6, 6.07) is 20.7. The van der Waals surface area contributed by atoms with Crippen molar-refractivity contribution in [1.82, 2.24) is 9.55 Å². The molecule has 2 heterocycles. The third-order valence-corrected chi connectivity index (χ3v) is 5.11. The van der Waals surface area contributed by atoms with Crippen LogP contribution in [0.15, 0.2) is 71.5 Å². The van der Waals surface area contributed by atoms with E-state index in [-0.39, 0.29) is 5.56 Å². The molecule has 4 rings (SSSR count). The SMILES string of the molecule is O=C(O)Cn1c(-c2ccccc2)nc2sc(-c3ccccc3)cc2c1=O. The maximum atomic E-state index is 13.0. The van der Waals surface area contributed by atoms with Crippen LogP contribution >= 0.6 is 11.3 Å². The van der Waals surface area contributed by atoms with Crippen LogP contribution in [0.2, 0.25) is 0 Å². The van der Waals surface area contributed by atoms with Gasteiger partial charge in [-0.1, -0.05) is 60.7 Å². The van der Waals surface area contributed by atoms with Crippen molar-refractivity contribution in [2.75, 3.05) is 0 Å². The Morgan fingerprint density at radius 1 is 1.00 bits per heavy atom. The molecular formula is C20H14N2O3S. The average Bonchev–Trinajstić information content (AvgIpc) is 3.10. The van der Waals surface area contributed by atoms with Crippen molar-refractivity contribution in [2.45, 2.75) is 6.54 Å². The largest absolute Gasteiger partial charge is 0.480 e. The highest BCUT2D eigenvalue weighted by Gasteiger charge is 2.17. The van der Waals surface area contributed by atoms with Crippen molar-refractivity contribution in [3.8, 4) is 21.8 Å². The van der Waals surface area contributed by atoms with Gasteiger partial charge in [0.1, 0.15) is 17.2 Å². The van der Waals surface area contributed by atoms with Crippen molar-refractivity contribution < 1.29 is 9.90 Å². The number of thiophene rings is 1. The van der Waals surface area contributed by atoms with E-state index in [1.807, 2.05) is 60.7 Å². The summed E-state index contributed by atoms with van der Waals surface area (Å²) < 4.78 is 1.22. The predicted molar refractivity (Wildman–Crippen MR) is 102 cm³/mol. The van der Waals surface area contributed by atoms with Crippen LogP contribution in [-0.2, 0) is 11.3 Å². The number of carboxylic acid groups (broad SMARTS) is 1. The summed E-state index contributed by atoms with van der Waals surface area (Å²) in [6.07, 6.45) is 0. The van der Waals surface area contributed by atoms with Gasteiger partial charge in [-0.2, -0.15) is 0 Å². The van der Waals surface area contributed by atoms with Gasteiger partial charge in [-0.15, -0.1) is 11.3 Å². The Bertz CT molecular complexity index is 1150. The normalized spacial score (nSPS) is 10.9. The Morgan fingerprint density at radius 2 is 1.62 bits per heavy atom. The van der Waals surface area contributed by atoms with Crippen LogP contribution < -0.4 is 5.56 Å². The number of carbonyl (C=O) groups is 1. The first-order valence-corrected chi connectivity index (χ1v) is 8.82. The van der Waals surface area contributed by atoms with E-state index in [4.69, 9.17) is 0 Å². The Labute approximate surface area is 152 Å². The fourth-order valence-corrected chi connectivity index (χ4v) is 3.88. The Kier molecular flexibility index (Phi) is 4.10. The molecule has 0 radical (unpaired) electrons. The van der Waals surface area contributed by atoms with Gasteiger partial charge in [0.2, 0.25) is 0 Å². The van der Waals surface area contributed by atoms with Crippen LogP contribution in [0.3, 0.4) is 0 Å². The minimum atomic E-state index is -1.08. The monoisotopic (exact) mass is 362 g/mol. The summed E-state index contributed by atoms with van der Waals surface area (Å²) in [7, 11) is 0. The van der Waals surface area contributed by atoms with Gasteiger partial charge >= 0.3 is 5.97 Å². The average molecular weight is 362 g/mol. The molecule has 26 heavy (non-hydrogen) atoms. The molecule has 1 N–H and O–H groups in total. The highest BCUT2D eigenvalue weighted by molar-refractivity contribution is 7.21. The molecule has 2 aromatic carbocycles.